The molecule has 0 spiro atoms. The molecule has 0 fully saturated rings. The summed E-state index contributed by atoms with van der Waals surface area (Å²) in [7, 11) is 0. The van der Waals surface area contributed by atoms with Gasteiger partial charge in [0.05, 0.1) is 17.3 Å². The molecule has 0 saturated heterocycles. The van der Waals surface area contributed by atoms with Crippen molar-refractivity contribution in [2.45, 2.75) is 38.5 Å². The second kappa shape index (κ2) is 6.37. The molecule has 1 N–H and O–H groups in total. The highest BCUT2D eigenvalue weighted by atomic mass is 79.9. The molecule has 2 rings (SSSR count). The Labute approximate surface area is 133 Å². The van der Waals surface area contributed by atoms with Gasteiger partial charge in [-0.3, -0.25) is 0 Å². The Bertz CT molecular complexity index is 557. The van der Waals surface area contributed by atoms with E-state index in [1.54, 1.807) is 11.3 Å². The van der Waals surface area contributed by atoms with Crippen LogP contribution in [0.3, 0.4) is 0 Å². The maximum atomic E-state index is 9.64. The van der Waals surface area contributed by atoms with Crippen LogP contribution in [0.4, 0.5) is 0 Å². The first-order chi connectivity index (χ1) is 9.40. The number of hydrogen-bond acceptors (Lipinski definition) is 3. The van der Waals surface area contributed by atoms with E-state index in [0.717, 1.165) is 27.2 Å². The van der Waals surface area contributed by atoms with E-state index in [0.29, 0.717) is 0 Å². The fourth-order valence-electron chi connectivity index (χ4n) is 1.98. The van der Waals surface area contributed by atoms with Crippen molar-refractivity contribution in [2.24, 2.45) is 0 Å². The van der Waals surface area contributed by atoms with Crippen molar-refractivity contribution in [3.63, 3.8) is 0 Å². The van der Waals surface area contributed by atoms with E-state index in [1.807, 2.05) is 12.1 Å². The number of aliphatic hydroxyl groups excluding tert-OH is 1. The molecule has 2 aromatic rings. The SMILES string of the molecule is CC(C)(C)c1csc(CC(CO)c2ccc(Br)cc2)n1. The Morgan fingerprint density at radius 3 is 2.40 bits per heavy atom. The van der Waals surface area contributed by atoms with Gasteiger partial charge in [-0.15, -0.1) is 11.3 Å². The van der Waals surface area contributed by atoms with Crippen LogP contribution in [-0.4, -0.2) is 16.7 Å². The largest absolute Gasteiger partial charge is 0.396 e. The molecule has 1 atom stereocenters. The maximum absolute atomic E-state index is 9.64. The van der Waals surface area contributed by atoms with Gasteiger partial charge in [0.25, 0.3) is 0 Å². The monoisotopic (exact) mass is 353 g/mol. The third kappa shape index (κ3) is 3.90. The van der Waals surface area contributed by atoms with E-state index in [9.17, 15) is 5.11 Å². The minimum Gasteiger partial charge on any atom is -0.396 e. The molecular weight excluding hydrogens is 334 g/mol. The summed E-state index contributed by atoms with van der Waals surface area (Å²) in [6.07, 6.45) is 0.791. The minimum atomic E-state index is 0.0844. The first-order valence-electron chi connectivity index (χ1n) is 6.71. The van der Waals surface area contributed by atoms with Crippen molar-refractivity contribution < 1.29 is 5.11 Å². The van der Waals surface area contributed by atoms with Crippen LogP contribution in [-0.2, 0) is 11.8 Å². The Morgan fingerprint density at radius 1 is 1.25 bits per heavy atom. The van der Waals surface area contributed by atoms with Gasteiger partial charge in [0, 0.05) is 27.6 Å². The summed E-state index contributed by atoms with van der Waals surface area (Å²) in [6.45, 7) is 6.66. The molecule has 4 heteroatoms. The van der Waals surface area contributed by atoms with E-state index >= 15 is 0 Å². The highest BCUT2D eigenvalue weighted by Gasteiger charge is 2.19. The standard InChI is InChI=1S/C16H20BrNOS/c1-16(2,3)14-10-20-15(18-14)8-12(9-19)11-4-6-13(17)7-5-11/h4-7,10,12,19H,8-9H2,1-3H3. The zero-order valence-electron chi connectivity index (χ0n) is 12.1. The summed E-state index contributed by atoms with van der Waals surface area (Å²) >= 11 is 5.12. The Kier molecular flexibility index (Phi) is 4.99. The van der Waals surface area contributed by atoms with Crippen molar-refractivity contribution in [1.29, 1.82) is 0 Å². The smallest absolute Gasteiger partial charge is 0.0935 e. The number of rotatable bonds is 4. The molecule has 1 aromatic heterocycles. The van der Waals surface area contributed by atoms with Gasteiger partial charge in [-0.1, -0.05) is 48.8 Å². The van der Waals surface area contributed by atoms with Gasteiger partial charge in [0.15, 0.2) is 0 Å². The molecule has 1 aromatic carbocycles. The summed E-state index contributed by atoms with van der Waals surface area (Å²) in [6, 6.07) is 8.15. The minimum absolute atomic E-state index is 0.0844. The summed E-state index contributed by atoms with van der Waals surface area (Å²) < 4.78 is 1.06. The number of halogens is 1. The lowest BCUT2D eigenvalue weighted by Gasteiger charge is -2.15. The fraction of sp³-hybridized carbons (Fsp3) is 0.438. The molecule has 1 heterocycles. The van der Waals surface area contributed by atoms with Gasteiger partial charge in [-0.05, 0) is 17.7 Å². The molecule has 0 radical (unpaired) electrons. The van der Waals surface area contributed by atoms with Gasteiger partial charge in [0.1, 0.15) is 0 Å². The quantitative estimate of drug-likeness (QED) is 0.876. The molecule has 0 saturated carbocycles. The average molecular weight is 354 g/mol. The second-order valence-corrected chi connectivity index (χ2v) is 7.87. The third-order valence-corrected chi connectivity index (χ3v) is 4.70. The Hall–Kier alpha value is -0.710. The van der Waals surface area contributed by atoms with E-state index in [1.165, 1.54) is 0 Å². The molecule has 1 unspecified atom stereocenters. The van der Waals surface area contributed by atoms with Crippen molar-refractivity contribution in [3.05, 3.63) is 50.4 Å². The lowest BCUT2D eigenvalue weighted by Crippen LogP contribution is -2.12. The topological polar surface area (TPSA) is 33.1 Å². The summed E-state index contributed by atoms with van der Waals surface area (Å²) in [4.78, 5) is 4.71. The first-order valence-corrected chi connectivity index (χ1v) is 8.38. The summed E-state index contributed by atoms with van der Waals surface area (Å²) in [5.41, 5.74) is 2.37. The Morgan fingerprint density at radius 2 is 1.90 bits per heavy atom. The van der Waals surface area contributed by atoms with Gasteiger partial charge >= 0.3 is 0 Å². The van der Waals surface area contributed by atoms with Crippen LogP contribution < -0.4 is 0 Å². The predicted molar refractivity (Wildman–Crippen MR) is 88.5 cm³/mol. The maximum Gasteiger partial charge on any atom is 0.0935 e. The van der Waals surface area contributed by atoms with E-state index < -0.39 is 0 Å². The van der Waals surface area contributed by atoms with Crippen LogP contribution in [0.15, 0.2) is 34.1 Å². The zero-order valence-corrected chi connectivity index (χ0v) is 14.5. The molecule has 2 nitrogen and oxygen atoms in total. The summed E-state index contributed by atoms with van der Waals surface area (Å²) in [5, 5.41) is 12.9. The van der Waals surface area contributed by atoms with E-state index in [2.05, 4.69) is 54.2 Å². The number of nitrogens with zero attached hydrogens (tertiary/aromatic N) is 1. The van der Waals surface area contributed by atoms with Crippen LogP contribution in [0.5, 0.6) is 0 Å². The molecule has 108 valence electrons. The number of aromatic nitrogens is 1. The lowest BCUT2D eigenvalue weighted by molar-refractivity contribution is 0.264. The normalized spacial score (nSPS) is 13.4. The van der Waals surface area contributed by atoms with Crippen LogP contribution in [0.2, 0.25) is 0 Å². The van der Waals surface area contributed by atoms with Crippen LogP contribution in [0, 0.1) is 0 Å². The lowest BCUT2D eigenvalue weighted by atomic mass is 9.93. The second-order valence-electron chi connectivity index (χ2n) is 6.01. The van der Waals surface area contributed by atoms with E-state index in [-0.39, 0.29) is 17.9 Å². The molecule has 0 amide bonds. The van der Waals surface area contributed by atoms with Crippen LogP contribution in [0.25, 0.3) is 0 Å². The van der Waals surface area contributed by atoms with E-state index in [4.69, 9.17) is 4.98 Å². The third-order valence-electron chi connectivity index (χ3n) is 3.30. The number of benzene rings is 1. The fourth-order valence-corrected chi connectivity index (χ4v) is 3.35. The van der Waals surface area contributed by atoms with Crippen molar-refractivity contribution in [1.82, 2.24) is 4.98 Å². The van der Waals surface area contributed by atoms with Gasteiger partial charge in [-0.25, -0.2) is 4.98 Å². The number of hydrogen-bond donors (Lipinski definition) is 1. The average Bonchev–Trinajstić information content (AvgIpc) is 2.85. The molecule has 0 bridgehead atoms. The highest BCUT2D eigenvalue weighted by molar-refractivity contribution is 9.10. The number of aliphatic hydroxyl groups is 1. The molecule has 0 aliphatic rings. The zero-order chi connectivity index (χ0) is 14.8. The van der Waals surface area contributed by atoms with Crippen molar-refractivity contribution >= 4 is 27.3 Å². The molecular formula is C16H20BrNOS. The van der Waals surface area contributed by atoms with Gasteiger partial charge in [-0.2, -0.15) is 0 Å². The molecule has 0 aliphatic carbocycles. The molecule has 0 aliphatic heterocycles. The first kappa shape index (κ1) is 15.7. The predicted octanol–water partition coefficient (Wildman–Crippen LogP) is 4.52. The summed E-state index contributed by atoms with van der Waals surface area (Å²) in [5.74, 6) is 0.113. The Balaban J connectivity index is 2.14. The van der Waals surface area contributed by atoms with Gasteiger partial charge in [0.2, 0.25) is 0 Å². The highest BCUT2D eigenvalue weighted by Crippen LogP contribution is 2.28. The van der Waals surface area contributed by atoms with Crippen LogP contribution >= 0.6 is 27.3 Å². The molecule has 20 heavy (non-hydrogen) atoms. The van der Waals surface area contributed by atoms with Gasteiger partial charge < -0.3 is 5.11 Å². The number of thiazole rings is 1. The van der Waals surface area contributed by atoms with Crippen molar-refractivity contribution in [2.75, 3.05) is 6.61 Å². The van der Waals surface area contributed by atoms with Crippen LogP contribution in [0.1, 0.15) is 43.0 Å². The van der Waals surface area contributed by atoms with Crippen molar-refractivity contribution in [3.8, 4) is 0 Å².